The highest BCUT2D eigenvalue weighted by molar-refractivity contribution is 7.92. The molecule has 0 spiro atoms. The molecule has 0 amide bonds. The Morgan fingerprint density at radius 2 is 1.88 bits per heavy atom. The predicted octanol–water partition coefficient (Wildman–Crippen LogP) is 3.83. The van der Waals surface area contributed by atoms with Gasteiger partial charge in [-0.25, -0.2) is 15.0 Å². The van der Waals surface area contributed by atoms with E-state index in [2.05, 4.69) is 15.0 Å². The number of likely N-dealkylation sites (N-methyl/N-ethyl adjacent to an activating group) is 1. The summed E-state index contributed by atoms with van der Waals surface area (Å²) in [6.45, 7) is -0.0566. The number of aromatic nitrogens is 3. The lowest BCUT2D eigenvalue weighted by Gasteiger charge is -2.39. The molecule has 0 N–H and O–H groups in total. The molecular weight excluding hydrogens is 567 g/mol. The van der Waals surface area contributed by atoms with E-state index < -0.39 is 27.9 Å². The number of ether oxygens (including phenoxy) is 2. The van der Waals surface area contributed by atoms with Crippen molar-refractivity contribution in [1.82, 2.24) is 19.9 Å². The lowest BCUT2D eigenvalue weighted by molar-refractivity contribution is -0.137. The van der Waals surface area contributed by atoms with Crippen LogP contribution in [0.4, 0.5) is 19.0 Å². The molecule has 0 saturated heterocycles. The molecule has 41 heavy (non-hydrogen) atoms. The zero-order chi connectivity index (χ0) is 29.8. The molecule has 11 nitrogen and oxygen atoms in total. The largest absolute Gasteiger partial charge is 0.491 e. The van der Waals surface area contributed by atoms with Crippen LogP contribution in [0.3, 0.4) is 0 Å². The minimum absolute atomic E-state index is 0.0114. The van der Waals surface area contributed by atoms with Gasteiger partial charge >= 0.3 is 12.6 Å². The first kappa shape index (κ1) is 30.0. The van der Waals surface area contributed by atoms with Crippen LogP contribution >= 0.6 is 0 Å². The number of alkyl halides is 3. The number of sulfonamides is 1. The summed E-state index contributed by atoms with van der Waals surface area (Å²) in [4.78, 5) is 29.0. The van der Waals surface area contributed by atoms with Crippen LogP contribution in [0.2, 0.25) is 0 Å². The van der Waals surface area contributed by atoms with Crippen LogP contribution in [-0.4, -0.2) is 68.1 Å². The molecule has 0 bridgehead atoms. The highest BCUT2D eigenvalue weighted by Crippen LogP contribution is 2.40. The number of hydrogen-bond donors (Lipinski definition) is 0. The number of carbonyl (C=O) groups excluding carboxylic acids is 1. The Hall–Kier alpha value is -3.98. The standard InChI is InChI=1S/C26H28F3N5O6S/c1-33(2)21-12-18(17-5-4-6-19(11-17)26(27,28)29)7-8-22(21)40-25-23(38-3)13-20(14-31-25)41(36,37)34(39-16-35)24-9-10-30-15-32-24/h4-6,9-11,13-16,18,21-22H,7-8,12H2,1-3H3/t18-,21-,22-/m0/s1. The monoisotopic (exact) mass is 595 g/mol. The topological polar surface area (TPSA) is 124 Å². The van der Waals surface area contributed by atoms with E-state index in [4.69, 9.17) is 14.3 Å². The number of nitrogens with zero attached hydrogens (tertiary/aromatic N) is 5. The molecule has 15 heteroatoms. The van der Waals surface area contributed by atoms with Gasteiger partial charge in [-0.15, -0.1) is 0 Å². The molecule has 1 saturated carbocycles. The molecule has 2 aromatic heterocycles. The molecule has 1 aromatic carbocycles. The number of carbonyl (C=O) groups is 1. The van der Waals surface area contributed by atoms with Crippen molar-refractivity contribution >= 4 is 22.3 Å². The average molecular weight is 596 g/mol. The minimum Gasteiger partial charge on any atom is -0.491 e. The Labute approximate surface area is 234 Å². The van der Waals surface area contributed by atoms with Crippen LogP contribution in [-0.2, 0) is 25.8 Å². The molecule has 1 fully saturated rings. The van der Waals surface area contributed by atoms with Crippen molar-refractivity contribution in [3.63, 3.8) is 0 Å². The Morgan fingerprint density at radius 3 is 2.51 bits per heavy atom. The van der Waals surface area contributed by atoms with Gasteiger partial charge in [0.15, 0.2) is 11.6 Å². The van der Waals surface area contributed by atoms with Gasteiger partial charge in [-0.2, -0.15) is 21.6 Å². The summed E-state index contributed by atoms with van der Waals surface area (Å²) < 4.78 is 78.2. The molecule has 2 heterocycles. The smallest absolute Gasteiger partial charge is 0.416 e. The Morgan fingerprint density at radius 1 is 1.10 bits per heavy atom. The van der Waals surface area contributed by atoms with Gasteiger partial charge in [-0.3, -0.25) is 4.79 Å². The number of benzene rings is 1. The fraction of sp³-hybridized carbons (Fsp3) is 0.385. The number of halogens is 3. The van der Waals surface area contributed by atoms with E-state index in [9.17, 15) is 26.4 Å². The summed E-state index contributed by atoms with van der Waals surface area (Å²) in [6.07, 6.45) is 0.170. The lowest BCUT2D eigenvalue weighted by Crippen LogP contribution is -2.46. The van der Waals surface area contributed by atoms with Crippen LogP contribution < -0.4 is 13.9 Å². The van der Waals surface area contributed by atoms with Crippen LogP contribution in [0.25, 0.3) is 0 Å². The second kappa shape index (κ2) is 12.3. The van der Waals surface area contributed by atoms with Crippen LogP contribution in [0.5, 0.6) is 11.6 Å². The van der Waals surface area contributed by atoms with Crippen LogP contribution in [0.1, 0.15) is 36.3 Å². The van der Waals surface area contributed by atoms with Crippen LogP contribution in [0, 0.1) is 0 Å². The van der Waals surface area contributed by atoms with Crippen molar-refractivity contribution in [3.8, 4) is 11.6 Å². The third-order valence-corrected chi connectivity index (χ3v) is 8.32. The van der Waals surface area contributed by atoms with E-state index in [0.717, 1.165) is 18.6 Å². The zero-order valence-electron chi connectivity index (χ0n) is 22.4. The maximum atomic E-state index is 13.3. The van der Waals surface area contributed by atoms with Gasteiger partial charge < -0.3 is 19.2 Å². The number of pyridine rings is 1. The van der Waals surface area contributed by atoms with Crippen molar-refractivity contribution in [2.45, 2.75) is 48.4 Å². The molecule has 0 aliphatic heterocycles. The quantitative estimate of drug-likeness (QED) is 0.252. The first-order chi connectivity index (χ1) is 19.5. The molecular formula is C26H28F3N5O6S. The second-order valence-corrected chi connectivity index (χ2v) is 11.3. The minimum atomic E-state index is -4.47. The van der Waals surface area contributed by atoms with E-state index in [-0.39, 0.29) is 40.8 Å². The summed E-state index contributed by atoms with van der Waals surface area (Å²) in [5.74, 6) is -0.279. The lowest BCUT2D eigenvalue weighted by atomic mass is 9.79. The maximum absolute atomic E-state index is 13.3. The molecule has 220 valence electrons. The fourth-order valence-electron chi connectivity index (χ4n) is 4.77. The number of anilines is 1. The van der Waals surface area contributed by atoms with E-state index in [1.165, 1.54) is 37.6 Å². The molecule has 4 rings (SSSR count). The Bertz CT molecular complexity index is 1460. The second-order valence-electron chi connectivity index (χ2n) is 9.50. The first-order valence-corrected chi connectivity index (χ1v) is 13.9. The number of methoxy groups -OCH3 is 1. The van der Waals surface area contributed by atoms with E-state index in [1.807, 2.05) is 19.0 Å². The van der Waals surface area contributed by atoms with Crippen molar-refractivity contribution in [2.75, 3.05) is 25.7 Å². The third kappa shape index (κ3) is 6.68. The number of hydrogen-bond acceptors (Lipinski definition) is 10. The molecule has 3 atom stereocenters. The fourth-order valence-corrected chi connectivity index (χ4v) is 5.90. The summed E-state index contributed by atoms with van der Waals surface area (Å²) in [5.41, 5.74) is -0.0725. The van der Waals surface area contributed by atoms with Gasteiger partial charge in [0.1, 0.15) is 17.3 Å². The maximum Gasteiger partial charge on any atom is 0.416 e. The SMILES string of the molecule is COc1cc(S(=O)(=O)N(OC=O)c2ccncn2)cnc1O[C@H]1CC[C@H](c2cccc(C(F)(F)F)c2)C[C@@H]1N(C)C. The zero-order valence-corrected chi connectivity index (χ0v) is 23.2. The Kier molecular flexibility index (Phi) is 8.97. The van der Waals surface area contributed by atoms with Gasteiger partial charge in [0.05, 0.1) is 18.9 Å². The average Bonchev–Trinajstić information content (AvgIpc) is 2.96. The third-order valence-electron chi connectivity index (χ3n) is 6.79. The van der Waals surface area contributed by atoms with Crippen molar-refractivity contribution in [1.29, 1.82) is 0 Å². The van der Waals surface area contributed by atoms with E-state index in [1.54, 1.807) is 6.07 Å². The van der Waals surface area contributed by atoms with Crippen molar-refractivity contribution in [2.24, 2.45) is 0 Å². The normalized spacial score (nSPS) is 19.4. The first-order valence-electron chi connectivity index (χ1n) is 12.4. The molecule has 1 aliphatic rings. The molecule has 3 aromatic rings. The molecule has 0 unspecified atom stereocenters. The van der Waals surface area contributed by atoms with Crippen LogP contribution in [0.15, 0.2) is 60.0 Å². The van der Waals surface area contributed by atoms with Gasteiger partial charge in [0.2, 0.25) is 0 Å². The summed E-state index contributed by atoms with van der Waals surface area (Å²) in [5, 5.41) is 0. The van der Waals surface area contributed by atoms with E-state index in [0.29, 0.717) is 29.3 Å². The Balaban J connectivity index is 1.56. The van der Waals surface area contributed by atoms with E-state index >= 15 is 0 Å². The highest BCUT2D eigenvalue weighted by atomic mass is 32.2. The molecule has 0 radical (unpaired) electrons. The summed E-state index contributed by atoms with van der Waals surface area (Å²) in [6, 6.07) is 7.60. The van der Waals surface area contributed by atoms with Crippen molar-refractivity contribution in [3.05, 3.63) is 66.2 Å². The van der Waals surface area contributed by atoms with Gasteiger partial charge in [-0.05, 0) is 50.9 Å². The number of rotatable bonds is 10. The predicted molar refractivity (Wildman–Crippen MR) is 140 cm³/mol. The summed E-state index contributed by atoms with van der Waals surface area (Å²) in [7, 11) is 0.550. The summed E-state index contributed by atoms with van der Waals surface area (Å²) >= 11 is 0. The van der Waals surface area contributed by atoms with Crippen molar-refractivity contribution < 1.29 is 40.7 Å². The van der Waals surface area contributed by atoms with Gasteiger partial charge in [-0.1, -0.05) is 22.7 Å². The molecule has 1 aliphatic carbocycles. The highest BCUT2D eigenvalue weighted by Gasteiger charge is 2.37. The van der Waals surface area contributed by atoms with Gasteiger partial charge in [0, 0.05) is 24.4 Å². The van der Waals surface area contributed by atoms with Gasteiger partial charge in [0.25, 0.3) is 15.9 Å².